The van der Waals surface area contributed by atoms with Crippen LogP contribution < -0.4 is 15.8 Å². The van der Waals surface area contributed by atoms with E-state index < -0.39 is 0 Å². The summed E-state index contributed by atoms with van der Waals surface area (Å²) in [4.78, 5) is 1.17. The number of hydrogen-bond acceptors (Lipinski definition) is 7. The summed E-state index contributed by atoms with van der Waals surface area (Å²) in [5, 5.41) is 21.0. The molecule has 1 aromatic heterocycles. The highest BCUT2D eigenvalue weighted by atomic mass is 32.2. The SMILES string of the molecule is CCNC(N)=S.CSc1cccc(OCc2cn(CC3CC(O)CCO3)nn2)c1. The van der Waals surface area contributed by atoms with Crippen LogP contribution in [0, 0.1) is 0 Å². The van der Waals surface area contributed by atoms with Gasteiger partial charge in [0.2, 0.25) is 0 Å². The Morgan fingerprint density at radius 2 is 2.34 bits per heavy atom. The number of aliphatic hydroxyl groups is 1. The summed E-state index contributed by atoms with van der Waals surface area (Å²) in [5.41, 5.74) is 5.80. The minimum atomic E-state index is -0.274. The van der Waals surface area contributed by atoms with Crippen LogP contribution in [-0.4, -0.2) is 56.8 Å². The number of thiocarbonyl (C=S) groups is 1. The van der Waals surface area contributed by atoms with E-state index in [4.69, 9.17) is 15.2 Å². The van der Waals surface area contributed by atoms with Crippen molar-refractivity contribution in [3.05, 3.63) is 36.2 Å². The van der Waals surface area contributed by atoms with Crippen molar-refractivity contribution in [1.82, 2.24) is 20.3 Å². The topological polar surface area (TPSA) is 107 Å². The lowest BCUT2D eigenvalue weighted by molar-refractivity contribution is -0.0512. The molecule has 0 amide bonds. The average Bonchev–Trinajstić information content (AvgIpc) is 3.14. The summed E-state index contributed by atoms with van der Waals surface area (Å²) in [6.45, 7) is 4.34. The quantitative estimate of drug-likeness (QED) is 0.441. The molecule has 8 nitrogen and oxygen atoms in total. The molecule has 1 aliphatic heterocycles. The van der Waals surface area contributed by atoms with E-state index in [2.05, 4.69) is 27.8 Å². The monoisotopic (exact) mass is 439 g/mol. The van der Waals surface area contributed by atoms with Crippen molar-refractivity contribution in [2.75, 3.05) is 19.4 Å². The molecule has 0 saturated carbocycles. The zero-order valence-electron chi connectivity index (χ0n) is 16.8. The van der Waals surface area contributed by atoms with Gasteiger partial charge in [-0.3, -0.25) is 0 Å². The van der Waals surface area contributed by atoms with Gasteiger partial charge >= 0.3 is 0 Å². The van der Waals surface area contributed by atoms with Gasteiger partial charge in [0.25, 0.3) is 0 Å². The molecule has 2 heterocycles. The Kier molecular flexibility index (Phi) is 10.2. The van der Waals surface area contributed by atoms with Crippen molar-refractivity contribution in [1.29, 1.82) is 0 Å². The average molecular weight is 440 g/mol. The third-order valence-corrected chi connectivity index (χ3v) is 4.96. The lowest BCUT2D eigenvalue weighted by atomic mass is 10.1. The van der Waals surface area contributed by atoms with E-state index in [0.717, 1.165) is 18.0 Å². The molecule has 3 rings (SSSR count). The lowest BCUT2D eigenvalue weighted by Crippen LogP contribution is -2.32. The number of hydrogen-bond donors (Lipinski definition) is 3. The molecule has 1 saturated heterocycles. The zero-order chi connectivity index (χ0) is 21.1. The zero-order valence-corrected chi connectivity index (χ0v) is 18.4. The predicted octanol–water partition coefficient (Wildman–Crippen LogP) is 1.96. The third-order valence-electron chi connectivity index (χ3n) is 4.10. The Bertz CT molecular complexity index is 759. The molecule has 160 valence electrons. The van der Waals surface area contributed by atoms with Gasteiger partial charge < -0.3 is 25.6 Å². The number of aliphatic hydroxyl groups excluding tert-OH is 1. The first-order valence-corrected chi connectivity index (χ1v) is 11.1. The molecule has 2 aromatic rings. The molecule has 29 heavy (non-hydrogen) atoms. The van der Waals surface area contributed by atoms with Gasteiger partial charge in [-0.1, -0.05) is 11.3 Å². The standard InChI is InChI=1S/C16H21N3O3S.C3H8N2S/c1-23-16-4-2-3-14(8-16)22-11-12-9-19(18-17-12)10-15-7-13(20)5-6-21-15;1-2-5-3(4)6/h2-4,8-9,13,15,20H,5-7,10-11H2,1H3;2H2,1H3,(H3,4,5,6). The first-order valence-electron chi connectivity index (χ1n) is 9.49. The first kappa shape index (κ1) is 23.4. The minimum Gasteiger partial charge on any atom is -0.487 e. The van der Waals surface area contributed by atoms with Gasteiger partial charge in [-0.2, -0.15) is 0 Å². The number of aromatic nitrogens is 3. The van der Waals surface area contributed by atoms with Gasteiger partial charge in [-0.15, -0.1) is 16.9 Å². The Morgan fingerprint density at radius 1 is 1.52 bits per heavy atom. The summed E-state index contributed by atoms with van der Waals surface area (Å²) in [7, 11) is 0. The highest BCUT2D eigenvalue weighted by molar-refractivity contribution is 7.98. The molecule has 1 aromatic carbocycles. The Balaban J connectivity index is 0.000000438. The molecule has 0 spiro atoms. The van der Waals surface area contributed by atoms with Crippen LogP contribution in [0.3, 0.4) is 0 Å². The summed E-state index contributed by atoms with van der Waals surface area (Å²) in [6, 6.07) is 7.96. The van der Waals surface area contributed by atoms with Crippen molar-refractivity contribution in [3.8, 4) is 5.75 Å². The van der Waals surface area contributed by atoms with Gasteiger partial charge in [-0.25, -0.2) is 4.68 Å². The van der Waals surface area contributed by atoms with E-state index in [1.54, 1.807) is 16.4 Å². The molecule has 2 atom stereocenters. The fraction of sp³-hybridized carbons (Fsp3) is 0.526. The Labute approximate surface area is 181 Å². The van der Waals surface area contributed by atoms with Crippen LogP contribution in [0.2, 0.25) is 0 Å². The normalized spacial score (nSPS) is 18.4. The van der Waals surface area contributed by atoms with Gasteiger partial charge in [-0.05, 0) is 50.0 Å². The largest absolute Gasteiger partial charge is 0.487 e. The highest BCUT2D eigenvalue weighted by Crippen LogP contribution is 2.21. The van der Waals surface area contributed by atoms with Gasteiger partial charge in [0, 0.05) is 24.5 Å². The smallest absolute Gasteiger partial charge is 0.163 e. The molecule has 0 bridgehead atoms. The van der Waals surface area contributed by atoms with Crippen molar-refractivity contribution in [2.45, 2.75) is 50.0 Å². The second kappa shape index (κ2) is 12.6. The van der Waals surface area contributed by atoms with Crippen LogP contribution in [0.15, 0.2) is 35.4 Å². The van der Waals surface area contributed by atoms with Crippen LogP contribution in [0.25, 0.3) is 0 Å². The first-order chi connectivity index (χ1) is 14.0. The number of benzene rings is 1. The molecule has 0 aliphatic carbocycles. The number of nitrogens with zero attached hydrogens (tertiary/aromatic N) is 3. The van der Waals surface area contributed by atoms with Crippen molar-refractivity contribution in [2.24, 2.45) is 5.73 Å². The fourth-order valence-corrected chi connectivity index (χ4v) is 3.31. The van der Waals surface area contributed by atoms with Crippen LogP contribution in [0.1, 0.15) is 25.5 Å². The number of ether oxygens (including phenoxy) is 2. The maximum Gasteiger partial charge on any atom is 0.163 e. The minimum absolute atomic E-state index is 0.00696. The molecular weight excluding hydrogens is 410 g/mol. The van der Waals surface area contributed by atoms with Crippen LogP contribution in [-0.2, 0) is 17.9 Å². The maximum atomic E-state index is 9.67. The molecule has 2 unspecified atom stereocenters. The van der Waals surface area contributed by atoms with Crippen LogP contribution in [0.4, 0.5) is 0 Å². The molecule has 10 heteroatoms. The fourth-order valence-electron chi connectivity index (χ4n) is 2.71. The Hall–Kier alpha value is -1.88. The van der Waals surface area contributed by atoms with Crippen LogP contribution >= 0.6 is 24.0 Å². The van der Waals surface area contributed by atoms with Gasteiger partial charge in [0.1, 0.15) is 18.1 Å². The molecule has 4 N–H and O–H groups in total. The van der Waals surface area contributed by atoms with Crippen molar-refractivity contribution < 1.29 is 14.6 Å². The maximum absolute atomic E-state index is 9.67. The second-order valence-electron chi connectivity index (χ2n) is 6.47. The number of thioether (sulfide) groups is 1. The number of nitrogens with two attached hydrogens (primary N) is 1. The van der Waals surface area contributed by atoms with Crippen molar-refractivity contribution >= 4 is 29.1 Å². The van der Waals surface area contributed by atoms with E-state index in [1.165, 1.54) is 4.90 Å². The third kappa shape index (κ3) is 8.99. The van der Waals surface area contributed by atoms with E-state index in [9.17, 15) is 5.11 Å². The summed E-state index contributed by atoms with van der Waals surface area (Å²) < 4.78 is 13.1. The number of rotatable bonds is 7. The molecule has 0 radical (unpaired) electrons. The number of nitrogens with one attached hydrogen (secondary N) is 1. The van der Waals surface area contributed by atoms with Gasteiger partial charge in [0.05, 0.1) is 24.9 Å². The summed E-state index contributed by atoms with van der Waals surface area (Å²) in [6.07, 6.45) is 4.98. The predicted molar refractivity (Wildman–Crippen MR) is 118 cm³/mol. The van der Waals surface area contributed by atoms with Gasteiger partial charge in [0.15, 0.2) is 5.11 Å². The van der Waals surface area contributed by atoms with E-state index >= 15 is 0 Å². The molecule has 1 aliphatic rings. The van der Waals surface area contributed by atoms with E-state index in [0.29, 0.717) is 37.7 Å². The van der Waals surface area contributed by atoms with E-state index in [1.807, 2.05) is 43.6 Å². The van der Waals surface area contributed by atoms with Crippen LogP contribution in [0.5, 0.6) is 5.75 Å². The summed E-state index contributed by atoms with van der Waals surface area (Å²) >= 11 is 6.14. The van der Waals surface area contributed by atoms with E-state index in [-0.39, 0.29) is 12.2 Å². The summed E-state index contributed by atoms with van der Waals surface area (Å²) in [5.74, 6) is 0.824. The highest BCUT2D eigenvalue weighted by Gasteiger charge is 2.21. The molecular formula is C19H29N5O3S2. The Morgan fingerprint density at radius 3 is 3.00 bits per heavy atom. The lowest BCUT2D eigenvalue weighted by Gasteiger charge is -2.26. The van der Waals surface area contributed by atoms with Crippen molar-refractivity contribution in [3.63, 3.8) is 0 Å². The molecule has 1 fully saturated rings. The second-order valence-corrected chi connectivity index (χ2v) is 7.78.